The predicted octanol–water partition coefficient (Wildman–Crippen LogP) is 1.41. The van der Waals surface area contributed by atoms with Crippen molar-refractivity contribution in [3.8, 4) is 0 Å². The van der Waals surface area contributed by atoms with Crippen molar-refractivity contribution in [1.29, 1.82) is 0 Å². The number of aliphatic carboxylic acids is 1. The monoisotopic (exact) mass is 212 g/mol. The van der Waals surface area contributed by atoms with Gasteiger partial charge in [-0.3, -0.25) is 0 Å². The second kappa shape index (κ2) is 3.01. The molecule has 0 saturated heterocycles. The minimum Gasteiger partial charge on any atom is -0.478 e. The van der Waals surface area contributed by atoms with Gasteiger partial charge < -0.3 is 5.11 Å². The Balaban J connectivity index is 3.68. The first-order valence-electron chi connectivity index (χ1n) is 1.69. The summed E-state index contributed by atoms with van der Waals surface area (Å²) < 4.78 is 0.783. The molecule has 0 saturated carbocycles. The average molecular weight is 212 g/mol. The molecule has 40 valence electrons. The molecule has 0 fully saturated rings. The van der Waals surface area contributed by atoms with E-state index in [0.717, 1.165) is 9.66 Å². The van der Waals surface area contributed by atoms with E-state index in [-0.39, 0.29) is 0 Å². The number of hydrogen-bond acceptors (Lipinski definition) is 1. The number of hydrogen-bond donors (Lipinski definition) is 1. The molecule has 3 heteroatoms. The Morgan fingerprint density at radius 2 is 2.29 bits per heavy atom. The topological polar surface area (TPSA) is 37.3 Å². The lowest BCUT2D eigenvalue weighted by Crippen LogP contribution is -1.85. The Kier molecular flexibility index (Phi) is 2.98. The van der Waals surface area contributed by atoms with Crippen LogP contribution < -0.4 is 0 Å². The van der Waals surface area contributed by atoms with E-state index in [1.165, 1.54) is 0 Å². The van der Waals surface area contributed by atoms with E-state index in [1.54, 1.807) is 6.92 Å². The fourth-order valence-corrected chi connectivity index (χ4v) is 0.437. The second-order valence-electron chi connectivity index (χ2n) is 1.07. The van der Waals surface area contributed by atoms with Crippen LogP contribution in [0.4, 0.5) is 0 Å². The van der Waals surface area contributed by atoms with Crippen LogP contribution in [0.1, 0.15) is 6.92 Å². The molecule has 0 heterocycles. The van der Waals surface area contributed by atoms with E-state index in [4.69, 9.17) is 5.11 Å². The molecule has 0 atom stereocenters. The van der Waals surface area contributed by atoms with E-state index < -0.39 is 5.97 Å². The van der Waals surface area contributed by atoms with Crippen LogP contribution in [0.25, 0.3) is 0 Å². The highest BCUT2D eigenvalue weighted by molar-refractivity contribution is 14.1. The molecule has 0 radical (unpaired) electrons. The van der Waals surface area contributed by atoms with Crippen LogP contribution in [0.5, 0.6) is 0 Å². The van der Waals surface area contributed by atoms with E-state index in [9.17, 15) is 4.79 Å². The maximum absolute atomic E-state index is 9.73. The van der Waals surface area contributed by atoms with Crippen molar-refractivity contribution in [1.82, 2.24) is 0 Å². The number of carboxylic acid groups (broad SMARTS) is 1. The molecule has 0 bridgehead atoms. The normalized spacial score (nSPS) is 11.4. The standard InChI is InChI=1S/C4H5IO2/c1-3(5)2-4(6)7/h2H,1H3,(H,6,7)/b3-2-. The lowest BCUT2D eigenvalue weighted by Gasteiger charge is -1.77. The number of allylic oxidation sites excluding steroid dienone is 1. The van der Waals surface area contributed by atoms with E-state index in [2.05, 4.69) is 0 Å². The van der Waals surface area contributed by atoms with E-state index >= 15 is 0 Å². The van der Waals surface area contributed by atoms with Gasteiger partial charge in [0.05, 0.1) is 0 Å². The smallest absolute Gasteiger partial charge is 0.329 e. The van der Waals surface area contributed by atoms with Gasteiger partial charge >= 0.3 is 5.97 Å². The van der Waals surface area contributed by atoms with Crippen LogP contribution in [-0.2, 0) is 4.79 Å². The maximum atomic E-state index is 9.73. The highest BCUT2D eigenvalue weighted by Gasteiger charge is 1.85. The first-order chi connectivity index (χ1) is 3.13. The van der Waals surface area contributed by atoms with Gasteiger partial charge in [0.1, 0.15) is 0 Å². The molecule has 0 spiro atoms. The van der Waals surface area contributed by atoms with Gasteiger partial charge in [0, 0.05) is 6.08 Å². The SMILES string of the molecule is C/C(I)=C/C(=O)O. The van der Waals surface area contributed by atoms with Gasteiger partial charge in [-0.25, -0.2) is 4.79 Å². The number of halogens is 1. The zero-order valence-electron chi connectivity index (χ0n) is 3.81. The van der Waals surface area contributed by atoms with Gasteiger partial charge in [-0.15, -0.1) is 0 Å². The molecule has 0 amide bonds. The van der Waals surface area contributed by atoms with Crippen molar-refractivity contribution in [3.63, 3.8) is 0 Å². The van der Waals surface area contributed by atoms with Gasteiger partial charge in [-0.2, -0.15) is 0 Å². The van der Waals surface area contributed by atoms with E-state index in [0.29, 0.717) is 0 Å². The summed E-state index contributed by atoms with van der Waals surface area (Å²) in [6.07, 6.45) is 1.15. The summed E-state index contributed by atoms with van der Waals surface area (Å²) in [5, 5.41) is 8.00. The van der Waals surface area contributed by atoms with E-state index in [1.807, 2.05) is 22.6 Å². The molecule has 7 heavy (non-hydrogen) atoms. The van der Waals surface area contributed by atoms with Crippen molar-refractivity contribution in [2.24, 2.45) is 0 Å². The highest BCUT2D eigenvalue weighted by atomic mass is 127. The largest absolute Gasteiger partial charge is 0.478 e. The number of carbonyl (C=O) groups is 1. The molecule has 0 aromatic carbocycles. The Hall–Kier alpha value is -0.0600. The molecule has 0 aromatic rings. The summed E-state index contributed by atoms with van der Waals surface area (Å²) in [6, 6.07) is 0. The van der Waals surface area contributed by atoms with Crippen LogP contribution in [0.2, 0.25) is 0 Å². The third kappa shape index (κ3) is 5.94. The molecule has 2 nitrogen and oxygen atoms in total. The summed E-state index contributed by atoms with van der Waals surface area (Å²) in [7, 11) is 0. The van der Waals surface area contributed by atoms with Gasteiger partial charge in [0.2, 0.25) is 0 Å². The lowest BCUT2D eigenvalue weighted by atomic mass is 10.5. The van der Waals surface area contributed by atoms with Gasteiger partial charge in [-0.1, -0.05) is 0 Å². The van der Waals surface area contributed by atoms with Crippen LogP contribution in [0.3, 0.4) is 0 Å². The summed E-state index contributed by atoms with van der Waals surface area (Å²) >= 11 is 1.94. The molecule has 1 N–H and O–H groups in total. The predicted molar refractivity (Wildman–Crippen MR) is 35.4 cm³/mol. The Morgan fingerprint density at radius 1 is 1.86 bits per heavy atom. The van der Waals surface area contributed by atoms with Crippen molar-refractivity contribution >= 4 is 28.6 Å². The molecule has 0 aliphatic heterocycles. The van der Waals surface area contributed by atoms with Crippen LogP contribution in [0.15, 0.2) is 9.66 Å². The molecular weight excluding hydrogens is 207 g/mol. The molecular formula is C4H5IO2. The van der Waals surface area contributed by atoms with Crippen LogP contribution in [0, 0.1) is 0 Å². The molecule has 0 aromatic heterocycles. The third-order valence-electron chi connectivity index (χ3n) is 0.322. The highest BCUT2D eigenvalue weighted by Crippen LogP contribution is 2.00. The van der Waals surface area contributed by atoms with Crippen molar-refractivity contribution in [2.75, 3.05) is 0 Å². The van der Waals surface area contributed by atoms with Crippen LogP contribution >= 0.6 is 22.6 Å². The Morgan fingerprint density at radius 3 is 2.29 bits per heavy atom. The molecule has 0 rings (SSSR count). The van der Waals surface area contributed by atoms with Gasteiger partial charge in [0.25, 0.3) is 0 Å². The zero-order valence-corrected chi connectivity index (χ0v) is 5.97. The van der Waals surface area contributed by atoms with Gasteiger partial charge in [0.15, 0.2) is 0 Å². The first kappa shape index (κ1) is 6.94. The minimum atomic E-state index is -0.882. The van der Waals surface area contributed by atoms with Crippen molar-refractivity contribution in [3.05, 3.63) is 9.66 Å². The molecule has 0 aliphatic rings. The Bertz CT molecular complexity index is 102. The summed E-state index contributed by atoms with van der Waals surface area (Å²) in [6.45, 7) is 1.73. The van der Waals surface area contributed by atoms with Crippen molar-refractivity contribution in [2.45, 2.75) is 6.92 Å². The first-order valence-corrected chi connectivity index (χ1v) is 2.77. The van der Waals surface area contributed by atoms with Gasteiger partial charge in [-0.05, 0) is 33.1 Å². The summed E-state index contributed by atoms with van der Waals surface area (Å²) in [5.74, 6) is -0.882. The maximum Gasteiger partial charge on any atom is 0.329 e. The number of carboxylic acids is 1. The lowest BCUT2D eigenvalue weighted by molar-refractivity contribution is -0.131. The zero-order chi connectivity index (χ0) is 5.86. The number of rotatable bonds is 1. The third-order valence-corrected chi connectivity index (χ3v) is 0.634. The summed E-state index contributed by atoms with van der Waals surface area (Å²) in [4.78, 5) is 9.73. The Labute approximate surface area is 55.4 Å². The summed E-state index contributed by atoms with van der Waals surface area (Å²) in [5.41, 5.74) is 0. The van der Waals surface area contributed by atoms with Crippen LogP contribution in [-0.4, -0.2) is 11.1 Å². The molecule has 0 aliphatic carbocycles. The average Bonchev–Trinajstić information content (AvgIpc) is 1.27. The van der Waals surface area contributed by atoms with Crippen molar-refractivity contribution < 1.29 is 9.90 Å². The second-order valence-corrected chi connectivity index (χ2v) is 2.77. The minimum absolute atomic E-state index is 0.783. The fraction of sp³-hybridized carbons (Fsp3) is 0.250. The fourth-order valence-electron chi connectivity index (χ4n) is 0.170. The molecule has 0 unspecified atom stereocenters. The quantitative estimate of drug-likeness (QED) is 0.527.